The SMILES string of the molecule is CC(NCC1CCC(O)CC1)c1ccco1. The van der Waals surface area contributed by atoms with Crippen LogP contribution in [0.3, 0.4) is 0 Å². The van der Waals surface area contributed by atoms with Gasteiger partial charge in [0, 0.05) is 0 Å². The first-order chi connectivity index (χ1) is 7.75. The molecule has 2 N–H and O–H groups in total. The van der Waals surface area contributed by atoms with Gasteiger partial charge in [0.15, 0.2) is 0 Å². The number of hydrogen-bond donors (Lipinski definition) is 2. The summed E-state index contributed by atoms with van der Waals surface area (Å²) in [5, 5.41) is 12.9. The van der Waals surface area contributed by atoms with Crippen molar-refractivity contribution >= 4 is 0 Å². The van der Waals surface area contributed by atoms with Crippen LogP contribution in [0.1, 0.15) is 44.4 Å². The fourth-order valence-corrected chi connectivity index (χ4v) is 2.33. The van der Waals surface area contributed by atoms with Gasteiger partial charge in [0.1, 0.15) is 5.76 Å². The molecule has 0 amide bonds. The summed E-state index contributed by atoms with van der Waals surface area (Å²) < 4.78 is 5.35. The van der Waals surface area contributed by atoms with E-state index in [0.717, 1.165) is 38.0 Å². The fraction of sp³-hybridized carbons (Fsp3) is 0.692. The highest BCUT2D eigenvalue weighted by molar-refractivity contribution is 5.02. The molecule has 1 saturated carbocycles. The molecule has 0 aromatic carbocycles. The molecular weight excluding hydrogens is 202 g/mol. The van der Waals surface area contributed by atoms with Crippen LogP contribution in [0.5, 0.6) is 0 Å². The van der Waals surface area contributed by atoms with Crippen LogP contribution in [-0.2, 0) is 0 Å². The van der Waals surface area contributed by atoms with Gasteiger partial charge in [-0.2, -0.15) is 0 Å². The van der Waals surface area contributed by atoms with Crippen molar-refractivity contribution in [3.8, 4) is 0 Å². The van der Waals surface area contributed by atoms with E-state index in [1.54, 1.807) is 6.26 Å². The predicted molar refractivity (Wildman–Crippen MR) is 63.1 cm³/mol. The van der Waals surface area contributed by atoms with Crippen molar-refractivity contribution in [2.24, 2.45) is 5.92 Å². The number of furan rings is 1. The number of nitrogens with one attached hydrogen (secondary N) is 1. The topological polar surface area (TPSA) is 45.4 Å². The molecule has 16 heavy (non-hydrogen) atoms. The van der Waals surface area contributed by atoms with E-state index in [1.807, 2.05) is 12.1 Å². The van der Waals surface area contributed by atoms with Crippen LogP contribution in [0.25, 0.3) is 0 Å². The minimum Gasteiger partial charge on any atom is -0.468 e. The third-order valence-corrected chi connectivity index (χ3v) is 3.50. The van der Waals surface area contributed by atoms with Crippen LogP contribution in [0.15, 0.2) is 22.8 Å². The Bertz CT molecular complexity index is 289. The number of aliphatic hydroxyl groups is 1. The number of hydrogen-bond acceptors (Lipinski definition) is 3. The normalized spacial score (nSPS) is 27.9. The third-order valence-electron chi connectivity index (χ3n) is 3.50. The third kappa shape index (κ3) is 3.09. The van der Waals surface area contributed by atoms with Gasteiger partial charge >= 0.3 is 0 Å². The second kappa shape index (κ2) is 5.51. The summed E-state index contributed by atoms with van der Waals surface area (Å²) in [7, 11) is 0. The molecule has 1 heterocycles. The zero-order chi connectivity index (χ0) is 11.4. The van der Waals surface area contributed by atoms with E-state index in [-0.39, 0.29) is 12.1 Å². The smallest absolute Gasteiger partial charge is 0.120 e. The second-order valence-corrected chi connectivity index (χ2v) is 4.82. The molecule has 0 spiro atoms. The van der Waals surface area contributed by atoms with Crippen molar-refractivity contribution in [3.63, 3.8) is 0 Å². The fourth-order valence-electron chi connectivity index (χ4n) is 2.33. The largest absolute Gasteiger partial charge is 0.468 e. The monoisotopic (exact) mass is 223 g/mol. The Morgan fingerprint density at radius 1 is 1.44 bits per heavy atom. The standard InChI is InChI=1S/C13H21NO2/c1-10(13-3-2-8-16-13)14-9-11-4-6-12(15)7-5-11/h2-3,8,10-12,14-15H,4-7,9H2,1H3. The van der Waals surface area contributed by atoms with Gasteiger partial charge in [-0.25, -0.2) is 0 Å². The maximum Gasteiger partial charge on any atom is 0.120 e. The van der Waals surface area contributed by atoms with Gasteiger partial charge in [0.25, 0.3) is 0 Å². The van der Waals surface area contributed by atoms with E-state index in [0.29, 0.717) is 5.92 Å². The molecule has 1 unspecified atom stereocenters. The first-order valence-corrected chi connectivity index (χ1v) is 6.20. The summed E-state index contributed by atoms with van der Waals surface area (Å²) in [5.74, 6) is 1.71. The minimum absolute atomic E-state index is 0.0567. The highest BCUT2D eigenvalue weighted by Gasteiger charge is 2.20. The lowest BCUT2D eigenvalue weighted by Gasteiger charge is -2.26. The van der Waals surface area contributed by atoms with E-state index in [9.17, 15) is 5.11 Å². The van der Waals surface area contributed by atoms with Crippen LogP contribution in [0, 0.1) is 5.92 Å². The first kappa shape index (κ1) is 11.7. The van der Waals surface area contributed by atoms with Crippen molar-refractivity contribution in [3.05, 3.63) is 24.2 Å². The molecule has 0 bridgehead atoms. The molecule has 1 aromatic heterocycles. The summed E-state index contributed by atoms with van der Waals surface area (Å²) in [6.07, 6.45) is 5.85. The van der Waals surface area contributed by atoms with Crippen molar-refractivity contribution in [1.82, 2.24) is 5.32 Å². The van der Waals surface area contributed by atoms with Crippen molar-refractivity contribution in [1.29, 1.82) is 0 Å². The Morgan fingerprint density at radius 3 is 2.81 bits per heavy atom. The van der Waals surface area contributed by atoms with Gasteiger partial charge in [0.05, 0.1) is 18.4 Å². The molecule has 3 nitrogen and oxygen atoms in total. The van der Waals surface area contributed by atoms with Crippen LogP contribution < -0.4 is 5.32 Å². The molecule has 1 atom stereocenters. The molecule has 0 radical (unpaired) electrons. The summed E-state index contributed by atoms with van der Waals surface area (Å²) in [6, 6.07) is 4.20. The number of aliphatic hydroxyl groups excluding tert-OH is 1. The van der Waals surface area contributed by atoms with E-state index in [4.69, 9.17) is 4.42 Å². The van der Waals surface area contributed by atoms with Crippen molar-refractivity contribution in [2.45, 2.75) is 44.8 Å². The minimum atomic E-state index is -0.0567. The van der Waals surface area contributed by atoms with Crippen molar-refractivity contribution in [2.75, 3.05) is 6.54 Å². The van der Waals surface area contributed by atoms with Gasteiger partial charge in [-0.15, -0.1) is 0 Å². The molecule has 1 aliphatic carbocycles. The Hall–Kier alpha value is -0.800. The summed E-state index contributed by atoms with van der Waals surface area (Å²) in [5.41, 5.74) is 0. The number of rotatable bonds is 4. The van der Waals surface area contributed by atoms with Gasteiger partial charge < -0.3 is 14.8 Å². The van der Waals surface area contributed by atoms with E-state index < -0.39 is 0 Å². The maximum absolute atomic E-state index is 9.42. The van der Waals surface area contributed by atoms with E-state index >= 15 is 0 Å². The average Bonchev–Trinajstić information content (AvgIpc) is 2.81. The molecular formula is C13H21NO2. The molecule has 0 aliphatic heterocycles. The van der Waals surface area contributed by atoms with Crippen molar-refractivity contribution < 1.29 is 9.52 Å². The Labute approximate surface area is 96.8 Å². The van der Waals surface area contributed by atoms with Crippen LogP contribution >= 0.6 is 0 Å². The quantitative estimate of drug-likeness (QED) is 0.824. The maximum atomic E-state index is 9.42. The zero-order valence-electron chi connectivity index (χ0n) is 9.86. The van der Waals surface area contributed by atoms with E-state index in [2.05, 4.69) is 12.2 Å². The average molecular weight is 223 g/mol. The first-order valence-electron chi connectivity index (χ1n) is 6.20. The summed E-state index contributed by atoms with van der Waals surface area (Å²) in [6.45, 7) is 3.14. The highest BCUT2D eigenvalue weighted by atomic mass is 16.3. The van der Waals surface area contributed by atoms with Gasteiger partial charge in [-0.1, -0.05) is 0 Å². The highest BCUT2D eigenvalue weighted by Crippen LogP contribution is 2.24. The van der Waals surface area contributed by atoms with Crippen LogP contribution in [0.2, 0.25) is 0 Å². The lowest BCUT2D eigenvalue weighted by molar-refractivity contribution is 0.107. The molecule has 2 rings (SSSR count). The summed E-state index contributed by atoms with van der Waals surface area (Å²) >= 11 is 0. The Balaban J connectivity index is 1.71. The molecule has 0 saturated heterocycles. The van der Waals surface area contributed by atoms with Crippen LogP contribution in [0.4, 0.5) is 0 Å². The van der Waals surface area contributed by atoms with Gasteiger partial charge in [-0.3, -0.25) is 0 Å². The van der Waals surface area contributed by atoms with Gasteiger partial charge in [-0.05, 0) is 57.2 Å². The summed E-state index contributed by atoms with van der Waals surface area (Å²) in [4.78, 5) is 0. The molecule has 90 valence electrons. The van der Waals surface area contributed by atoms with Gasteiger partial charge in [0.2, 0.25) is 0 Å². The lowest BCUT2D eigenvalue weighted by atomic mass is 9.87. The van der Waals surface area contributed by atoms with E-state index in [1.165, 1.54) is 0 Å². The molecule has 1 fully saturated rings. The Kier molecular flexibility index (Phi) is 4.02. The molecule has 3 heteroatoms. The lowest BCUT2D eigenvalue weighted by Crippen LogP contribution is -2.29. The zero-order valence-corrected chi connectivity index (χ0v) is 9.86. The van der Waals surface area contributed by atoms with Crippen LogP contribution in [-0.4, -0.2) is 17.8 Å². The molecule has 1 aromatic rings. The predicted octanol–water partition coefficient (Wildman–Crippen LogP) is 2.48. The Morgan fingerprint density at radius 2 is 2.19 bits per heavy atom. The second-order valence-electron chi connectivity index (χ2n) is 4.82. The molecule has 1 aliphatic rings.